The van der Waals surface area contributed by atoms with Crippen LogP contribution in [-0.4, -0.2) is 34.9 Å². The largest absolute Gasteiger partial charge is 0.444 e. The molecule has 1 fully saturated rings. The van der Waals surface area contributed by atoms with Crippen LogP contribution in [-0.2, 0) is 10.9 Å². The molecule has 1 amide bonds. The Morgan fingerprint density at radius 3 is 2.27 bits per heavy atom. The molecule has 1 N–H and O–H groups in total. The predicted octanol–water partition coefficient (Wildman–Crippen LogP) is 7.77. The van der Waals surface area contributed by atoms with Crippen LogP contribution < -0.4 is 4.72 Å². The standard InChI is InChI=1S/C23H26ClF3N2O2S2/c1-22(2,3)31-21(30)29-10-8-17(9-11-29)33-16-6-4-14(5-7-16)20-18(23(25,26)27)12-15(28-32)13-19(20)24/h4-7,12-13,17,28,32H,8-11H2,1-3H3. The lowest BCUT2D eigenvalue weighted by molar-refractivity contribution is -0.137. The van der Waals surface area contributed by atoms with Crippen molar-refractivity contribution < 1.29 is 22.7 Å². The van der Waals surface area contributed by atoms with Crippen molar-refractivity contribution in [1.82, 2.24) is 4.90 Å². The van der Waals surface area contributed by atoms with Crippen LogP contribution in [0.4, 0.5) is 23.7 Å². The number of benzene rings is 2. The molecular formula is C23H26ClF3N2O2S2. The van der Waals surface area contributed by atoms with Crippen molar-refractivity contribution in [3.8, 4) is 11.1 Å². The molecule has 1 aliphatic rings. The molecule has 0 aromatic heterocycles. The summed E-state index contributed by atoms with van der Waals surface area (Å²) in [5.41, 5.74) is -0.838. The lowest BCUT2D eigenvalue weighted by atomic mass is 9.98. The fourth-order valence-corrected chi connectivity index (χ4v) is 5.15. The second-order valence-electron chi connectivity index (χ2n) is 8.80. The van der Waals surface area contributed by atoms with Crippen molar-refractivity contribution in [1.29, 1.82) is 0 Å². The molecule has 0 bridgehead atoms. The van der Waals surface area contributed by atoms with Gasteiger partial charge >= 0.3 is 12.3 Å². The Hall–Kier alpha value is -1.71. The van der Waals surface area contributed by atoms with Crippen LogP contribution in [0.1, 0.15) is 39.2 Å². The number of carbonyl (C=O) groups excluding carboxylic acids is 1. The maximum absolute atomic E-state index is 13.6. The van der Waals surface area contributed by atoms with Gasteiger partial charge in [-0.15, -0.1) is 11.8 Å². The summed E-state index contributed by atoms with van der Waals surface area (Å²) in [4.78, 5) is 14.9. The Balaban J connectivity index is 1.68. The lowest BCUT2D eigenvalue weighted by Gasteiger charge is -2.33. The van der Waals surface area contributed by atoms with E-state index in [1.54, 1.807) is 28.8 Å². The minimum Gasteiger partial charge on any atom is -0.444 e. The minimum atomic E-state index is -4.56. The Morgan fingerprint density at radius 1 is 1.15 bits per heavy atom. The van der Waals surface area contributed by atoms with Gasteiger partial charge in [0.15, 0.2) is 0 Å². The van der Waals surface area contributed by atoms with Crippen LogP contribution >= 0.6 is 36.2 Å². The second kappa shape index (κ2) is 10.3. The molecule has 2 aromatic carbocycles. The number of ether oxygens (including phenoxy) is 1. The van der Waals surface area contributed by atoms with Crippen LogP contribution in [0.3, 0.4) is 0 Å². The Labute approximate surface area is 206 Å². The highest BCUT2D eigenvalue weighted by Crippen LogP contribution is 2.43. The first-order valence-corrected chi connectivity index (χ1v) is 12.1. The molecule has 0 radical (unpaired) electrons. The van der Waals surface area contributed by atoms with E-state index in [1.807, 2.05) is 32.9 Å². The summed E-state index contributed by atoms with van der Waals surface area (Å²) in [6, 6.07) is 9.34. The molecule has 0 aliphatic carbocycles. The molecule has 0 unspecified atom stereocenters. The molecule has 180 valence electrons. The van der Waals surface area contributed by atoms with E-state index >= 15 is 0 Å². The van der Waals surface area contributed by atoms with E-state index in [0.29, 0.717) is 23.9 Å². The van der Waals surface area contributed by atoms with E-state index in [9.17, 15) is 18.0 Å². The first kappa shape index (κ1) is 25.9. The molecule has 4 nitrogen and oxygen atoms in total. The summed E-state index contributed by atoms with van der Waals surface area (Å²) in [5.74, 6) is 0. The number of hydrogen-bond donors (Lipinski definition) is 2. The number of nitrogens with one attached hydrogen (secondary N) is 1. The van der Waals surface area contributed by atoms with E-state index in [4.69, 9.17) is 16.3 Å². The summed E-state index contributed by atoms with van der Waals surface area (Å²) >= 11 is 11.7. The van der Waals surface area contributed by atoms with E-state index in [1.165, 1.54) is 6.07 Å². The SMILES string of the molecule is CC(C)(C)OC(=O)N1CCC(Sc2ccc(-c3c(Cl)cc(NS)cc3C(F)(F)F)cc2)CC1. The molecule has 2 aromatic rings. The highest BCUT2D eigenvalue weighted by molar-refractivity contribution is 8.00. The van der Waals surface area contributed by atoms with Crippen LogP contribution in [0.5, 0.6) is 0 Å². The number of thiol groups is 1. The van der Waals surface area contributed by atoms with Gasteiger partial charge in [-0.2, -0.15) is 13.2 Å². The number of alkyl halides is 3. The molecule has 33 heavy (non-hydrogen) atoms. The number of hydrogen-bond acceptors (Lipinski definition) is 5. The average Bonchev–Trinajstić information content (AvgIpc) is 2.72. The van der Waals surface area contributed by atoms with Crippen LogP contribution in [0.2, 0.25) is 5.02 Å². The van der Waals surface area contributed by atoms with Crippen molar-refractivity contribution in [3.63, 3.8) is 0 Å². The van der Waals surface area contributed by atoms with Gasteiger partial charge in [0.1, 0.15) is 5.60 Å². The summed E-state index contributed by atoms with van der Waals surface area (Å²) in [6.07, 6.45) is -3.23. The molecule has 3 rings (SSSR count). The average molecular weight is 519 g/mol. The zero-order chi connectivity index (χ0) is 24.4. The molecule has 1 aliphatic heterocycles. The highest BCUT2D eigenvalue weighted by atomic mass is 35.5. The molecule has 1 saturated heterocycles. The molecule has 0 saturated carbocycles. The van der Waals surface area contributed by atoms with E-state index in [0.717, 1.165) is 23.8 Å². The number of amides is 1. The number of likely N-dealkylation sites (tertiary alicyclic amines) is 1. The summed E-state index contributed by atoms with van der Waals surface area (Å²) in [5, 5.41) is 0.306. The van der Waals surface area contributed by atoms with Gasteiger partial charge in [-0.25, -0.2) is 4.79 Å². The predicted molar refractivity (Wildman–Crippen MR) is 131 cm³/mol. The van der Waals surface area contributed by atoms with Crippen molar-refractivity contribution in [3.05, 3.63) is 47.0 Å². The number of anilines is 1. The molecule has 0 atom stereocenters. The van der Waals surface area contributed by atoms with Gasteiger partial charge in [-0.3, -0.25) is 0 Å². The highest BCUT2D eigenvalue weighted by Gasteiger charge is 2.35. The van der Waals surface area contributed by atoms with Crippen molar-refractivity contribution in [2.45, 2.75) is 55.5 Å². The zero-order valence-electron chi connectivity index (χ0n) is 18.5. The van der Waals surface area contributed by atoms with Gasteiger partial charge in [0, 0.05) is 34.5 Å². The molecule has 1 heterocycles. The fraction of sp³-hybridized carbons (Fsp3) is 0.435. The topological polar surface area (TPSA) is 41.6 Å². The van der Waals surface area contributed by atoms with E-state index < -0.39 is 17.3 Å². The Morgan fingerprint density at radius 2 is 1.76 bits per heavy atom. The number of carbonyl (C=O) groups is 1. The fourth-order valence-electron chi connectivity index (χ4n) is 3.56. The van der Waals surface area contributed by atoms with Crippen LogP contribution in [0.25, 0.3) is 11.1 Å². The molecule has 0 spiro atoms. The van der Waals surface area contributed by atoms with Gasteiger partial charge in [-0.05, 0) is 63.4 Å². The van der Waals surface area contributed by atoms with Crippen molar-refractivity contribution in [2.24, 2.45) is 0 Å². The lowest BCUT2D eigenvalue weighted by Crippen LogP contribution is -2.42. The maximum Gasteiger partial charge on any atom is 0.417 e. The summed E-state index contributed by atoms with van der Waals surface area (Å²) in [7, 11) is 0. The Bertz CT molecular complexity index is 987. The second-order valence-corrected chi connectivity index (χ2v) is 10.8. The number of nitrogens with zero attached hydrogens (tertiary/aromatic N) is 1. The number of rotatable bonds is 4. The number of thioether (sulfide) groups is 1. The van der Waals surface area contributed by atoms with Gasteiger partial charge in [-0.1, -0.05) is 36.5 Å². The van der Waals surface area contributed by atoms with Gasteiger partial charge in [0.2, 0.25) is 0 Å². The summed E-state index contributed by atoms with van der Waals surface area (Å²) < 4.78 is 48.8. The van der Waals surface area contributed by atoms with Crippen LogP contribution in [0.15, 0.2) is 41.3 Å². The zero-order valence-corrected chi connectivity index (χ0v) is 21.0. The number of piperidine rings is 1. The quantitative estimate of drug-likeness (QED) is 0.405. The van der Waals surface area contributed by atoms with Gasteiger partial charge in [0.05, 0.1) is 10.6 Å². The third kappa shape index (κ3) is 6.90. The number of halogens is 4. The third-order valence-electron chi connectivity index (χ3n) is 5.06. The van der Waals surface area contributed by atoms with Gasteiger partial charge < -0.3 is 14.4 Å². The van der Waals surface area contributed by atoms with E-state index in [-0.39, 0.29) is 22.4 Å². The van der Waals surface area contributed by atoms with Crippen molar-refractivity contribution in [2.75, 3.05) is 17.8 Å². The smallest absolute Gasteiger partial charge is 0.417 e. The molecular weight excluding hydrogens is 493 g/mol. The maximum atomic E-state index is 13.6. The summed E-state index contributed by atoms with van der Waals surface area (Å²) in [6.45, 7) is 6.75. The third-order valence-corrected chi connectivity index (χ3v) is 6.97. The van der Waals surface area contributed by atoms with E-state index in [2.05, 4.69) is 17.5 Å². The van der Waals surface area contributed by atoms with Gasteiger partial charge in [0.25, 0.3) is 0 Å². The normalized spacial score (nSPS) is 15.5. The monoisotopic (exact) mass is 518 g/mol. The van der Waals surface area contributed by atoms with Crippen LogP contribution in [0, 0.1) is 0 Å². The molecule has 10 heteroatoms. The first-order chi connectivity index (χ1) is 15.4. The Kier molecular flexibility index (Phi) is 8.07. The van der Waals surface area contributed by atoms with Crippen molar-refractivity contribution >= 4 is 48.0 Å². The minimum absolute atomic E-state index is 0.00343. The first-order valence-electron chi connectivity index (χ1n) is 10.4.